The summed E-state index contributed by atoms with van der Waals surface area (Å²) < 4.78 is 5.27. The molecule has 1 aromatic carbocycles. The maximum atomic E-state index is 12.6. The van der Waals surface area contributed by atoms with Gasteiger partial charge in [-0.05, 0) is 25.0 Å². The zero-order valence-corrected chi connectivity index (χ0v) is 12.8. The molecule has 0 aliphatic carbocycles. The van der Waals surface area contributed by atoms with Gasteiger partial charge in [0.1, 0.15) is 5.75 Å². The minimum absolute atomic E-state index is 0.191. The predicted octanol–water partition coefficient (Wildman–Crippen LogP) is 0.878. The summed E-state index contributed by atoms with van der Waals surface area (Å²) >= 11 is 0. The standard InChI is InChI=1S/C16H23N3O2/c1-12-10-18(8-6-17-12)11-16(20)19-7-5-13-3-4-14(21-2)9-15(13)19/h3-4,9,12,17H,5-8,10-11H2,1-2H3. The average molecular weight is 289 g/mol. The fourth-order valence-electron chi connectivity index (χ4n) is 3.18. The van der Waals surface area contributed by atoms with E-state index in [-0.39, 0.29) is 5.91 Å². The van der Waals surface area contributed by atoms with Gasteiger partial charge in [0.05, 0.1) is 19.3 Å². The number of anilines is 1. The molecule has 0 bridgehead atoms. The number of nitrogens with zero attached hydrogens (tertiary/aromatic N) is 2. The second-order valence-electron chi connectivity index (χ2n) is 5.88. The van der Waals surface area contributed by atoms with Gasteiger partial charge in [-0.2, -0.15) is 0 Å². The maximum Gasteiger partial charge on any atom is 0.241 e. The highest BCUT2D eigenvalue weighted by Crippen LogP contribution is 2.31. The molecule has 1 aromatic rings. The molecule has 5 heteroatoms. The first-order valence-corrected chi connectivity index (χ1v) is 7.60. The normalized spacial score (nSPS) is 22.2. The number of carbonyl (C=O) groups excluding carboxylic acids is 1. The number of carbonyl (C=O) groups is 1. The Bertz CT molecular complexity index is 532. The van der Waals surface area contributed by atoms with Crippen LogP contribution in [0.2, 0.25) is 0 Å². The molecule has 2 heterocycles. The summed E-state index contributed by atoms with van der Waals surface area (Å²) in [6, 6.07) is 6.46. The highest BCUT2D eigenvalue weighted by molar-refractivity contribution is 5.97. The summed E-state index contributed by atoms with van der Waals surface area (Å²) in [5.74, 6) is 1.00. The largest absolute Gasteiger partial charge is 0.497 e. The van der Waals surface area contributed by atoms with Gasteiger partial charge in [-0.25, -0.2) is 0 Å². The van der Waals surface area contributed by atoms with E-state index in [0.29, 0.717) is 12.6 Å². The number of methoxy groups -OCH3 is 1. The fraction of sp³-hybridized carbons (Fsp3) is 0.562. The number of amides is 1. The van der Waals surface area contributed by atoms with Crippen molar-refractivity contribution in [3.05, 3.63) is 23.8 Å². The SMILES string of the molecule is COc1ccc2c(c1)N(C(=O)CN1CCNC(C)C1)CC2. The average Bonchev–Trinajstić information content (AvgIpc) is 2.90. The first kappa shape index (κ1) is 14.4. The van der Waals surface area contributed by atoms with Crippen LogP contribution in [0.3, 0.4) is 0 Å². The molecule has 0 saturated carbocycles. The van der Waals surface area contributed by atoms with Crippen molar-refractivity contribution < 1.29 is 9.53 Å². The molecule has 2 aliphatic rings. The first-order valence-electron chi connectivity index (χ1n) is 7.60. The van der Waals surface area contributed by atoms with Gasteiger partial charge >= 0.3 is 0 Å². The molecule has 3 rings (SSSR count). The van der Waals surface area contributed by atoms with E-state index in [4.69, 9.17) is 4.74 Å². The second-order valence-corrected chi connectivity index (χ2v) is 5.88. The lowest BCUT2D eigenvalue weighted by atomic mass is 10.1. The van der Waals surface area contributed by atoms with E-state index < -0.39 is 0 Å². The summed E-state index contributed by atoms with van der Waals surface area (Å²) in [5.41, 5.74) is 2.25. The Labute approximate surface area is 125 Å². The van der Waals surface area contributed by atoms with E-state index >= 15 is 0 Å². The molecule has 1 N–H and O–H groups in total. The Hall–Kier alpha value is -1.59. The van der Waals surface area contributed by atoms with E-state index in [0.717, 1.165) is 44.0 Å². The Morgan fingerprint density at radius 1 is 1.43 bits per heavy atom. The van der Waals surface area contributed by atoms with Crippen molar-refractivity contribution in [2.75, 3.05) is 44.7 Å². The number of hydrogen-bond donors (Lipinski definition) is 1. The monoisotopic (exact) mass is 289 g/mol. The second kappa shape index (κ2) is 6.03. The fourth-order valence-corrected chi connectivity index (χ4v) is 3.18. The molecule has 1 fully saturated rings. The molecular formula is C16H23N3O2. The van der Waals surface area contributed by atoms with E-state index in [1.54, 1.807) is 7.11 Å². The van der Waals surface area contributed by atoms with Crippen LogP contribution in [0.4, 0.5) is 5.69 Å². The van der Waals surface area contributed by atoms with Crippen molar-refractivity contribution in [3.63, 3.8) is 0 Å². The third-order valence-corrected chi connectivity index (χ3v) is 4.30. The van der Waals surface area contributed by atoms with Crippen LogP contribution in [0.1, 0.15) is 12.5 Å². The van der Waals surface area contributed by atoms with E-state index in [1.807, 2.05) is 17.0 Å². The molecule has 1 amide bonds. The summed E-state index contributed by atoms with van der Waals surface area (Å²) in [7, 11) is 1.66. The van der Waals surface area contributed by atoms with Crippen LogP contribution in [0, 0.1) is 0 Å². The quantitative estimate of drug-likeness (QED) is 0.897. The lowest BCUT2D eigenvalue weighted by Gasteiger charge is -2.32. The van der Waals surface area contributed by atoms with Gasteiger partial charge in [0.25, 0.3) is 0 Å². The van der Waals surface area contributed by atoms with Gasteiger partial charge in [0, 0.05) is 38.3 Å². The molecule has 2 aliphatic heterocycles. The van der Waals surface area contributed by atoms with Crippen LogP contribution in [-0.4, -0.2) is 56.7 Å². The minimum atomic E-state index is 0.191. The van der Waals surface area contributed by atoms with Gasteiger partial charge in [-0.3, -0.25) is 9.69 Å². The molecule has 5 nitrogen and oxygen atoms in total. The van der Waals surface area contributed by atoms with Gasteiger partial charge in [-0.1, -0.05) is 6.07 Å². The van der Waals surface area contributed by atoms with Gasteiger partial charge in [0.2, 0.25) is 5.91 Å². The molecule has 1 saturated heterocycles. The van der Waals surface area contributed by atoms with Crippen LogP contribution in [0.15, 0.2) is 18.2 Å². The summed E-state index contributed by atoms with van der Waals surface area (Å²) in [6.07, 6.45) is 0.934. The van der Waals surface area contributed by atoms with Gasteiger partial charge in [0.15, 0.2) is 0 Å². The lowest BCUT2D eigenvalue weighted by Crippen LogP contribution is -2.52. The molecule has 114 valence electrons. The number of hydrogen-bond acceptors (Lipinski definition) is 4. The van der Waals surface area contributed by atoms with Gasteiger partial charge in [-0.15, -0.1) is 0 Å². The first-order chi connectivity index (χ1) is 10.2. The van der Waals surface area contributed by atoms with Gasteiger partial charge < -0.3 is 15.0 Å². The Balaban J connectivity index is 1.69. The highest BCUT2D eigenvalue weighted by Gasteiger charge is 2.27. The highest BCUT2D eigenvalue weighted by atomic mass is 16.5. The molecule has 21 heavy (non-hydrogen) atoms. The topological polar surface area (TPSA) is 44.8 Å². The van der Waals surface area contributed by atoms with E-state index in [9.17, 15) is 4.79 Å². The zero-order chi connectivity index (χ0) is 14.8. The van der Waals surface area contributed by atoms with Crippen molar-refractivity contribution in [1.29, 1.82) is 0 Å². The summed E-state index contributed by atoms with van der Waals surface area (Å²) in [4.78, 5) is 16.8. The van der Waals surface area contributed by atoms with E-state index in [2.05, 4.69) is 23.2 Å². The Kier molecular flexibility index (Phi) is 4.12. The van der Waals surface area contributed by atoms with Crippen molar-refractivity contribution in [3.8, 4) is 5.75 Å². The van der Waals surface area contributed by atoms with Crippen molar-refractivity contribution >= 4 is 11.6 Å². The lowest BCUT2D eigenvalue weighted by molar-refractivity contribution is -0.119. The maximum absolute atomic E-state index is 12.6. The third-order valence-electron chi connectivity index (χ3n) is 4.30. The molecular weight excluding hydrogens is 266 g/mol. The van der Waals surface area contributed by atoms with Crippen LogP contribution >= 0.6 is 0 Å². The minimum Gasteiger partial charge on any atom is -0.497 e. The molecule has 0 spiro atoms. The van der Waals surface area contributed by atoms with Crippen molar-refractivity contribution in [2.45, 2.75) is 19.4 Å². The molecule has 1 unspecified atom stereocenters. The number of piperazine rings is 1. The Morgan fingerprint density at radius 2 is 2.29 bits per heavy atom. The van der Waals surface area contributed by atoms with Crippen LogP contribution < -0.4 is 15.0 Å². The number of benzene rings is 1. The van der Waals surface area contributed by atoms with Crippen molar-refractivity contribution in [2.24, 2.45) is 0 Å². The number of rotatable bonds is 3. The summed E-state index contributed by atoms with van der Waals surface area (Å²) in [6.45, 7) is 6.27. The Morgan fingerprint density at radius 3 is 3.05 bits per heavy atom. The van der Waals surface area contributed by atoms with Crippen LogP contribution in [0.25, 0.3) is 0 Å². The van der Waals surface area contributed by atoms with Crippen molar-refractivity contribution in [1.82, 2.24) is 10.2 Å². The number of nitrogens with one attached hydrogen (secondary N) is 1. The molecule has 1 atom stereocenters. The summed E-state index contributed by atoms with van der Waals surface area (Å²) in [5, 5.41) is 3.40. The zero-order valence-electron chi connectivity index (χ0n) is 12.8. The van der Waals surface area contributed by atoms with Crippen LogP contribution in [-0.2, 0) is 11.2 Å². The van der Waals surface area contributed by atoms with E-state index in [1.165, 1.54) is 5.56 Å². The molecule has 0 aromatic heterocycles. The predicted molar refractivity (Wildman–Crippen MR) is 83.0 cm³/mol. The smallest absolute Gasteiger partial charge is 0.241 e. The molecule has 0 radical (unpaired) electrons. The number of ether oxygens (including phenoxy) is 1. The number of fused-ring (bicyclic) bond motifs is 1. The van der Waals surface area contributed by atoms with Crippen LogP contribution in [0.5, 0.6) is 5.75 Å². The third kappa shape index (κ3) is 3.04.